The molecule has 0 saturated heterocycles. The molecule has 0 aliphatic heterocycles. The van der Waals surface area contributed by atoms with Crippen LogP contribution in [-0.2, 0) is 10.1 Å². The Balaban J connectivity index is 0. The lowest BCUT2D eigenvalue weighted by molar-refractivity contribution is -0.107. The molecule has 8 heteroatoms. The van der Waals surface area contributed by atoms with Crippen LogP contribution in [0.1, 0.15) is 0 Å². The molecule has 0 atom stereocenters. The molecule has 0 aromatic rings. The van der Waals surface area contributed by atoms with Crippen LogP contribution in [0.4, 0.5) is 13.2 Å². The average molecular weight is 181 g/mol. The summed E-state index contributed by atoms with van der Waals surface area (Å²) in [5.41, 5.74) is 0. The summed E-state index contributed by atoms with van der Waals surface area (Å²) in [4.78, 5) is 0. The Morgan fingerprint density at radius 1 is 1.30 bits per heavy atom. The van der Waals surface area contributed by atoms with Gasteiger partial charge in [-0.2, -0.15) is 21.6 Å². The zero-order valence-electron chi connectivity index (χ0n) is 4.72. The first-order chi connectivity index (χ1) is 3.71. The molecule has 0 aromatic heterocycles. The Hall–Kier alpha value is -0.340. The maximum absolute atomic E-state index is 11.0. The predicted octanol–water partition coefficient (Wildman–Crippen LogP) is 0.599. The highest BCUT2D eigenvalue weighted by molar-refractivity contribution is 7.85. The summed E-state index contributed by atoms with van der Waals surface area (Å²) in [7, 11) is -4.91. The van der Waals surface area contributed by atoms with Crippen molar-refractivity contribution in [3.8, 4) is 0 Å². The van der Waals surface area contributed by atoms with Crippen LogP contribution in [-0.4, -0.2) is 24.9 Å². The molecule has 0 bridgehead atoms. The first-order valence-corrected chi connectivity index (χ1v) is 3.33. The minimum absolute atomic E-state index is 0. The molecular weight excluding hydrogens is 175 g/mol. The summed E-state index contributed by atoms with van der Waals surface area (Å²) in [6.07, 6.45) is -4.85. The van der Waals surface area contributed by atoms with E-state index in [4.69, 9.17) is 4.55 Å². The first-order valence-electron chi connectivity index (χ1n) is 1.73. The van der Waals surface area contributed by atoms with Crippen LogP contribution in [0.3, 0.4) is 0 Å². The van der Waals surface area contributed by atoms with E-state index in [0.717, 1.165) is 0 Å². The molecule has 0 heterocycles. The topological polar surface area (TPSA) is 89.4 Å². The van der Waals surface area contributed by atoms with Gasteiger partial charge in [0.15, 0.2) is 5.75 Å². The van der Waals surface area contributed by atoms with Gasteiger partial charge in [0.25, 0.3) is 10.1 Å². The molecule has 0 amide bonds. The van der Waals surface area contributed by atoms with Crippen LogP contribution >= 0.6 is 0 Å². The van der Waals surface area contributed by atoms with Crippen molar-refractivity contribution in [1.82, 2.24) is 6.15 Å². The average Bonchev–Trinajstić information content (AvgIpc) is 1.14. The quantitative estimate of drug-likeness (QED) is 0.579. The van der Waals surface area contributed by atoms with Gasteiger partial charge in [0, 0.05) is 0 Å². The molecule has 10 heavy (non-hydrogen) atoms. The fourth-order valence-electron chi connectivity index (χ4n) is 0.207. The van der Waals surface area contributed by atoms with Crippen molar-refractivity contribution in [2.24, 2.45) is 0 Å². The van der Waals surface area contributed by atoms with Crippen molar-refractivity contribution in [3.63, 3.8) is 0 Å². The summed E-state index contributed by atoms with van der Waals surface area (Å²) < 4.78 is 59.6. The van der Waals surface area contributed by atoms with Crippen LogP contribution in [0.2, 0.25) is 0 Å². The smallest absolute Gasteiger partial charge is 0.344 e. The lowest BCUT2D eigenvalue weighted by Crippen LogP contribution is -2.21. The van der Waals surface area contributed by atoms with Crippen molar-refractivity contribution in [1.29, 1.82) is 0 Å². The van der Waals surface area contributed by atoms with E-state index in [1.807, 2.05) is 0 Å². The SMILES string of the molecule is N.O=S(=O)(O)CC(F)(F)F. The number of hydrogen-bond donors (Lipinski definition) is 2. The molecule has 4 nitrogen and oxygen atoms in total. The Kier molecular flexibility index (Phi) is 3.91. The minimum Gasteiger partial charge on any atom is -0.344 e. The van der Waals surface area contributed by atoms with Crippen LogP contribution in [0.15, 0.2) is 0 Å². The van der Waals surface area contributed by atoms with Crippen LogP contribution in [0.25, 0.3) is 0 Å². The molecule has 0 fully saturated rings. The number of hydrogen-bond acceptors (Lipinski definition) is 3. The van der Waals surface area contributed by atoms with Crippen molar-refractivity contribution in [2.75, 3.05) is 5.75 Å². The molecule has 0 radical (unpaired) electrons. The lowest BCUT2D eigenvalue weighted by Gasteiger charge is -2.00. The second-order valence-electron chi connectivity index (χ2n) is 1.34. The second kappa shape index (κ2) is 3.17. The van der Waals surface area contributed by atoms with Crippen molar-refractivity contribution in [3.05, 3.63) is 0 Å². The summed E-state index contributed by atoms with van der Waals surface area (Å²) in [6.45, 7) is 0. The standard InChI is InChI=1S/C2H3F3O3S.H3N/c3-2(4,5)1-9(6,7)8;/h1H2,(H,6,7,8);1H3. The molecular formula is C2H6F3NO3S. The molecule has 0 aliphatic rings. The summed E-state index contributed by atoms with van der Waals surface area (Å²) >= 11 is 0. The van der Waals surface area contributed by atoms with Gasteiger partial charge < -0.3 is 6.15 Å². The number of alkyl halides is 3. The molecule has 64 valence electrons. The summed E-state index contributed by atoms with van der Waals surface area (Å²) in [5, 5.41) is 0. The maximum atomic E-state index is 11.0. The number of rotatable bonds is 1. The third-order valence-electron chi connectivity index (χ3n) is 0.346. The van der Waals surface area contributed by atoms with Gasteiger partial charge in [-0.15, -0.1) is 0 Å². The summed E-state index contributed by atoms with van der Waals surface area (Å²) in [5.74, 6) is -2.18. The molecule has 4 N–H and O–H groups in total. The van der Waals surface area contributed by atoms with Gasteiger partial charge in [0.05, 0.1) is 0 Å². The largest absolute Gasteiger partial charge is 0.405 e. The molecule has 0 saturated carbocycles. The molecule has 0 aliphatic carbocycles. The maximum Gasteiger partial charge on any atom is 0.405 e. The van der Waals surface area contributed by atoms with E-state index in [-0.39, 0.29) is 6.15 Å². The van der Waals surface area contributed by atoms with E-state index in [1.165, 1.54) is 0 Å². The first kappa shape index (κ1) is 12.3. The second-order valence-corrected chi connectivity index (χ2v) is 2.79. The highest BCUT2D eigenvalue weighted by Crippen LogP contribution is 2.15. The van der Waals surface area contributed by atoms with Gasteiger partial charge in [-0.25, -0.2) is 0 Å². The molecule has 0 rings (SSSR count). The normalized spacial score (nSPS) is 12.4. The molecule has 0 unspecified atom stereocenters. The zero-order valence-corrected chi connectivity index (χ0v) is 5.54. The van der Waals surface area contributed by atoms with E-state index >= 15 is 0 Å². The Bertz CT molecular complexity index is 182. The van der Waals surface area contributed by atoms with Gasteiger partial charge >= 0.3 is 6.18 Å². The van der Waals surface area contributed by atoms with Gasteiger partial charge in [-0.1, -0.05) is 0 Å². The minimum atomic E-state index is -4.91. The van der Waals surface area contributed by atoms with Crippen LogP contribution in [0, 0.1) is 0 Å². The van der Waals surface area contributed by atoms with Crippen LogP contribution in [0.5, 0.6) is 0 Å². The van der Waals surface area contributed by atoms with Gasteiger partial charge in [-0.05, 0) is 0 Å². The van der Waals surface area contributed by atoms with Crippen molar-refractivity contribution in [2.45, 2.75) is 6.18 Å². The summed E-state index contributed by atoms with van der Waals surface area (Å²) in [6, 6.07) is 0. The van der Waals surface area contributed by atoms with Crippen molar-refractivity contribution >= 4 is 10.1 Å². The molecule has 0 aromatic carbocycles. The zero-order chi connectivity index (χ0) is 7.71. The lowest BCUT2D eigenvalue weighted by atomic mass is 10.8. The third-order valence-corrected chi connectivity index (χ3v) is 1.04. The van der Waals surface area contributed by atoms with Gasteiger partial charge in [0.2, 0.25) is 0 Å². The van der Waals surface area contributed by atoms with Gasteiger partial charge in [0.1, 0.15) is 0 Å². The fourth-order valence-corrected chi connectivity index (χ4v) is 0.620. The predicted molar refractivity (Wildman–Crippen MR) is 27.5 cm³/mol. The van der Waals surface area contributed by atoms with E-state index in [9.17, 15) is 21.6 Å². The fraction of sp³-hybridized carbons (Fsp3) is 1.00. The van der Waals surface area contributed by atoms with E-state index in [1.54, 1.807) is 0 Å². The Labute approximate surface area is 55.4 Å². The highest BCUT2D eigenvalue weighted by atomic mass is 32.2. The molecule has 0 spiro atoms. The van der Waals surface area contributed by atoms with Crippen molar-refractivity contribution < 1.29 is 26.1 Å². The van der Waals surface area contributed by atoms with Crippen LogP contribution < -0.4 is 6.15 Å². The monoisotopic (exact) mass is 181 g/mol. The van der Waals surface area contributed by atoms with Gasteiger partial charge in [-0.3, -0.25) is 4.55 Å². The van der Waals surface area contributed by atoms with E-state index in [2.05, 4.69) is 0 Å². The Morgan fingerprint density at radius 2 is 1.60 bits per heavy atom. The third kappa shape index (κ3) is 10.6. The Morgan fingerprint density at radius 3 is 1.60 bits per heavy atom. The number of halogens is 3. The van der Waals surface area contributed by atoms with E-state index in [0.29, 0.717) is 0 Å². The van der Waals surface area contributed by atoms with E-state index < -0.39 is 22.0 Å². The highest BCUT2D eigenvalue weighted by Gasteiger charge is 2.33.